The van der Waals surface area contributed by atoms with E-state index in [2.05, 4.69) is 56.2 Å². The topological polar surface area (TPSA) is 12.0 Å². The van der Waals surface area contributed by atoms with Gasteiger partial charge in [-0.05, 0) is 68.8 Å². The number of rotatable bonds is 4. The minimum atomic E-state index is 0.939. The smallest absolute Gasteiger partial charge is 0.0629 e. The van der Waals surface area contributed by atoms with Crippen molar-refractivity contribution in [1.82, 2.24) is 0 Å². The summed E-state index contributed by atoms with van der Waals surface area (Å²) in [6, 6.07) is 4.32. The van der Waals surface area contributed by atoms with Crippen molar-refractivity contribution < 1.29 is 0 Å². The van der Waals surface area contributed by atoms with Gasteiger partial charge in [-0.3, -0.25) is 0 Å². The lowest BCUT2D eigenvalue weighted by Gasteiger charge is -2.22. The molecule has 1 aliphatic carbocycles. The van der Waals surface area contributed by atoms with Crippen LogP contribution >= 0.6 is 31.9 Å². The van der Waals surface area contributed by atoms with Gasteiger partial charge < -0.3 is 5.32 Å². The largest absolute Gasteiger partial charge is 0.383 e. The Labute approximate surface area is 127 Å². The summed E-state index contributed by atoms with van der Waals surface area (Å²) in [7, 11) is 0. The van der Waals surface area contributed by atoms with Gasteiger partial charge in [0.25, 0.3) is 0 Å². The molecule has 0 aliphatic heterocycles. The minimum Gasteiger partial charge on any atom is -0.383 e. The molecule has 3 heteroatoms. The van der Waals surface area contributed by atoms with Crippen LogP contribution in [0, 0.1) is 12.8 Å². The van der Waals surface area contributed by atoms with Crippen molar-refractivity contribution in [3.8, 4) is 0 Å². The van der Waals surface area contributed by atoms with Crippen LogP contribution in [0.2, 0.25) is 0 Å². The number of anilines is 1. The Balaban J connectivity index is 1.86. The van der Waals surface area contributed by atoms with E-state index in [9.17, 15) is 0 Å². The lowest BCUT2D eigenvalue weighted by Crippen LogP contribution is -2.12. The van der Waals surface area contributed by atoms with Crippen LogP contribution in [0.3, 0.4) is 0 Å². The Bertz CT molecular complexity index is 374. The van der Waals surface area contributed by atoms with E-state index in [0.29, 0.717) is 0 Å². The first-order chi connectivity index (χ1) is 8.66. The van der Waals surface area contributed by atoms with Gasteiger partial charge in [-0.1, -0.05) is 32.1 Å². The Morgan fingerprint density at radius 3 is 2.33 bits per heavy atom. The summed E-state index contributed by atoms with van der Waals surface area (Å²) in [5, 5.41) is 3.56. The fourth-order valence-corrected chi connectivity index (χ4v) is 4.44. The number of nitrogens with one attached hydrogen (secondary N) is 1. The average Bonchev–Trinajstić information content (AvgIpc) is 2.34. The summed E-state index contributed by atoms with van der Waals surface area (Å²) in [4.78, 5) is 0. The van der Waals surface area contributed by atoms with Crippen molar-refractivity contribution in [3.63, 3.8) is 0 Å². The summed E-state index contributed by atoms with van der Waals surface area (Å²) < 4.78 is 2.30. The maximum absolute atomic E-state index is 3.63. The van der Waals surface area contributed by atoms with Crippen molar-refractivity contribution in [2.24, 2.45) is 5.92 Å². The van der Waals surface area contributed by atoms with E-state index in [1.165, 1.54) is 49.8 Å². The molecule has 1 N–H and O–H groups in total. The molecule has 0 aromatic heterocycles. The van der Waals surface area contributed by atoms with Crippen LogP contribution in [-0.4, -0.2) is 6.54 Å². The van der Waals surface area contributed by atoms with Gasteiger partial charge in [-0.2, -0.15) is 0 Å². The van der Waals surface area contributed by atoms with Gasteiger partial charge in [0.1, 0.15) is 0 Å². The van der Waals surface area contributed by atoms with Crippen LogP contribution in [0.5, 0.6) is 0 Å². The van der Waals surface area contributed by atoms with Gasteiger partial charge in [0, 0.05) is 15.5 Å². The van der Waals surface area contributed by atoms with E-state index in [1.54, 1.807) is 0 Å². The number of benzene rings is 1. The van der Waals surface area contributed by atoms with E-state index in [1.807, 2.05) is 0 Å². The van der Waals surface area contributed by atoms with E-state index < -0.39 is 0 Å². The lowest BCUT2D eigenvalue weighted by atomic mass is 9.87. The SMILES string of the molecule is Cc1cc(Br)c(NCCC2CCCCC2)c(Br)c1. The Morgan fingerprint density at radius 1 is 1.11 bits per heavy atom. The Morgan fingerprint density at radius 2 is 1.72 bits per heavy atom. The third-order valence-electron chi connectivity index (χ3n) is 3.77. The molecule has 1 aliphatic rings. The molecule has 0 bridgehead atoms. The fourth-order valence-electron chi connectivity index (χ4n) is 2.75. The van der Waals surface area contributed by atoms with E-state index >= 15 is 0 Å². The normalized spacial score (nSPS) is 16.8. The molecule has 1 aromatic carbocycles. The van der Waals surface area contributed by atoms with Gasteiger partial charge in [-0.15, -0.1) is 0 Å². The van der Waals surface area contributed by atoms with E-state index in [0.717, 1.165) is 21.4 Å². The zero-order valence-electron chi connectivity index (χ0n) is 10.9. The zero-order valence-corrected chi connectivity index (χ0v) is 14.1. The van der Waals surface area contributed by atoms with E-state index in [-0.39, 0.29) is 0 Å². The van der Waals surface area contributed by atoms with Gasteiger partial charge in [0.05, 0.1) is 5.69 Å². The number of hydrogen-bond acceptors (Lipinski definition) is 1. The molecule has 0 heterocycles. The first-order valence-electron chi connectivity index (χ1n) is 6.86. The third-order valence-corrected chi connectivity index (χ3v) is 5.02. The van der Waals surface area contributed by atoms with Gasteiger partial charge in [-0.25, -0.2) is 0 Å². The second kappa shape index (κ2) is 6.95. The first kappa shape index (κ1) is 14.4. The van der Waals surface area contributed by atoms with Crippen LogP contribution in [-0.2, 0) is 0 Å². The molecule has 0 amide bonds. The molecular formula is C15H21Br2N. The molecule has 1 nitrogen and oxygen atoms in total. The molecule has 0 atom stereocenters. The average molecular weight is 375 g/mol. The molecule has 1 saturated carbocycles. The Hall–Kier alpha value is -0.0200. The molecular weight excluding hydrogens is 354 g/mol. The minimum absolute atomic E-state index is 0.939. The summed E-state index contributed by atoms with van der Waals surface area (Å²) >= 11 is 7.26. The molecule has 1 aromatic rings. The Kier molecular flexibility index (Phi) is 5.56. The predicted molar refractivity (Wildman–Crippen MR) is 86.3 cm³/mol. The highest BCUT2D eigenvalue weighted by molar-refractivity contribution is 9.11. The van der Waals surface area contributed by atoms with Crippen molar-refractivity contribution >= 4 is 37.5 Å². The second-order valence-corrected chi connectivity index (χ2v) is 7.03. The zero-order chi connectivity index (χ0) is 13.0. The standard InChI is InChI=1S/C15H21Br2N/c1-11-9-13(16)15(14(17)10-11)18-8-7-12-5-3-2-4-6-12/h9-10,12,18H,2-8H2,1H3. The maximum atomic E-state index is 3.63. The van der Waals surface area contributed by atoms with Gasteiger partial charge >= 0.3 is 0 Å². The summed E-state index contributed by atoms with van der Waals surface area (Å²) in [5.41, 5.74) is 2.46. The van der Waals surface area contributed by atoms with Crippen LogP contribution in [0.25, 0.3) is 0 Å². The second-order valence-electron chi connectivity index (χ2n) is 5.32. The number of hydrogen-bond donors (Lipinski definition) is 1. The molecule has 0 spiro atoms. The fraction of sp³-hybridized carbons (Fsp3) is 0.600. The molecule has 1 fully saturated rings. The van der Waals surface area contributed by atoms with Crippen LogP contribution in [0.15, 0.2) is 21.1 Å². The summed E-state index contributed by atoms with van der Waals surface area (Å²) in [6.07, 6.45) is 8.47. The summed E-state index contributed by atoms with van der Waals surface area (Å²) in [6.45, 7) is 3.19. The van der Waals surface area contributed by atoms with Crippen molar-refractivity contribution in [2.45, 2.75) is 45.4 Å². The number of halogens is 2. The van der Waals surface area contributed by atoms with Crippen molar-refractivity contribution in [2.75, 3.05) is 11.9 Å². The number of aryl methyl sites for hydroxylation is 1. The molecule has 0 saturated heterocycles. The lowest BCUT2D eigenvalue weighted by molar-refractivity contribution is 0.345. The van der Waals surface area contributed by atoms with Gasteiger partial charge in [0.15, 0.2) is 0 Å². The van der Waals surface area contributed by atoms with Gasteiger partial charge in [0.2, 0.25) is 0 Å². The third kappa shape index (κ3) is 3.99. The monoisotopic (exact) mass is 373 g/mol. The van der Waals surface area contributed by atoms with Crippen molar-refractivity contribution in [3.05, 3.63) is 26.6 Å². The highest BCUT2D eigenvalue weighted by Crippen LogP contribution is 2.33. The van der Waals surface area contributed by atoms with Crippen LogP contribution in [0.4, 0.5) is 5.69 Å². The van der Waals surface area contributed by atoms with Crippen LogP contribution in [0.1, 0.15) is 44.1 Å². The molecule has 2 rings (SSSR count). The molecule has 18 heavy (non-hydrogen) atoms. The predicted octanol–water partition coefficient (Wildman–Crippen LogP) is 5.90. The maximum Gasteiger partial charge on any atom is 0.0629 e. The molecule has 0 radical (unpaired) electrons. The quantitative estimate of drug-likeness (QED) is 0.691. The van der Waals surface area contributed by atoms with Crippen LogP contribution < -0.4 is 5.32 Å². The van der Waals surface area contributed by atoms with Crippen molar-refractivity contribution in [1.29, 1.82) is 0 Å². The van der Waals surface area contributed by atoms with E-state index in [4.69, 9.17) is 0 Å². The first-order valence-corrected chi connectivity index (χ1v) is 8.45. The molecule has 0 unspecified atom stereocenters. The highest BCUT2D eigenvalue weighted by atomic mass is 79.9. The summed E-state index contributed by atoms with van der Waals surface area (Å²) in [5.74, 6) is 0.939. The highest BCUT2D eigenvalue weighted by Gasteiger charge is 2.13. The molecule has 100 valence electrons.